The predicted octanol–water partition coefficient (Wildman–Crippen LogP) is 4.47. The number of likely N-dealkylation sites (tertiary alicyclic amines) is 1. The number of aryl methyl sites for hydroxylation is 2. The van der Waals surface area contributed by atoms with Gasteiger partial charge in [-0.15, -0.1) is 0 Å². The molecule has 1 aliphatic carbocycles. The molecule has 33 heavy (non-hydrogen) atoms. The lowest BCUT2D eigenvalue weighted by Crippen LogP contribution is -2.47. The van der Waals surface area contributed by atoms with Crippen LogP contribution in [0.3, 0.4) is 0 Å². The van der Waals surface area contributed by atoms with Crippen molar-refractivity contribution in [1.82, 2.24) is 10.2 Å². The zero-order chi connectivity index (χ0) is 23.4. The fourth-order valence-electron chi connectivity index (χ4n) is 4.00. The Bertz CT molecular complexity index is 1030. The molecule has 2 aromatic rings. The molecule has 0 aromatic heterocycles. The molecule has 1 saturated heterocycles. The molecule has 8 nitrogen and oxygen atoms in total. The van der Waals surface area contributed by atoms with E-state index in [0.29, 0.717) is 30.5 Å². The van der Waals surface area contributed by atoms with E-state index in [1.54, 1.807) is 29.2 Å². The van der Waals surface area contributed by atoms with Crippen molar-refractivity contribution < 1.29 is 14.4 Å². The summed E-state index contributed by atoms with van der Waals surface area (Å²) in [6.45, 7) is 5.02. The summed E-state index contributed by atoms with van der Waals surface area (Å²) in [7, 11) is 0. The van der Waals surface area contributed by atoms with Crippen LogP contribution in [-0.2, 0) is 4.79 Å². The molecule has 2 aromatic carbocycles. The molecule has 1 saturated carbocycles. The second kappa shape index (κ2) is 9.94. The van der Waals surface area contributed by atoms with Gasteiger partial charge in [-0.25, -0.2) is 9.59 Å². The lowest BCUT2D eigenvalue weighted by Gasteiger charge is -2.32. The molecule has 2 aliphatic rings. The van der Waals surface area contributed by atoms with E-state index in [2.05, 4.69) is 21.3 Å². The molecule has 0 spiro atoms. The summed E-state index contributed by atoms with van der Waals surface area (Å²) in [5.41, 5.74) is 4.13. The SMILES string of the molecule is Cc1ccc(NC(=O)Nc2ccc(NC(=O)N3CCC[C@H](C(=O)NC4CC4)C3)cc2)c(C)c1. The van der Waals surface area contributed by atoms with Crippen LogP contribution >= 0.6 is 0 Å². The molecule has 4 rings (SSSR count). The van der Waals surface area contributed by atoms with Gasteiger partial charge in [-0.1, -0.05) is 17.7 Å². The first-order valence-electron chi connectivity index (χ1n) is 11.5. The van der Waals surface area contributed by atoms with Crippen LogP contribution in [0.25, 0.3) is 0 Å². The van der Waals surface area contributed by atoms with Crippen molar-refractivity contribution in [2.45, 2.75) is 45.6 Å². The smallest absolute Gasteiger partial charge is 0.323 e. The van der Waals surface area contributed by atoms with Gasteiger partial charge in [-0.2, -0.15) is 0 Å². The van der Waals surface area contributed by atoms with Crippen LogP contribution in [0, 0.1) is 19.8 Å². The van der Waals surface area contributed by atoms with Gasteiger partial charge < -0.3 is 26.2 Å². The summed E-state index contributed by atoms with van der Waals surface area (Å²) in [6, 6.07) is 12.6. The van der Waals surface area contributed by atoms with E-state index in [9.17, 15) is 14.4 Å². The Morgan fingerprint density at radius 1 is 0.879 bits per heavy atom. The second-order valence-electron chi connectivity index (χ2n) is 8.97. The summed E-state index contributed by atoms with van der Waals surface area (Å²) in [5.74, 6) is -0.0862. The third-order valence-electron chi connectivity index (χ3n) is 6.03. The molecule has 0 unspecified atom stereocenters. The monoisotopic (exact) mass is 449 g/mol. The number of nitrogens with one attached hydrogen (secondary N) is 4. The van der Waals surface area contributed by atoms with Crippen LogP contribution in [0.5, 0.6) is 0 Å². The van der Waals surface area contributed by atoms with E-state index in [1.807, 2.05) is 32.0 Å². The molecule has 5 amide bonds. The minimum Gasteiger partial charge on any atom is -0.353 e. The molecule has 0 radical (unpaired) electrons. The third-order valence-corrected chi connectivity index (χ3v) is 6.03. The zero-order valence-electron chi connectivity index (χ0n) is 19.1. The van der Waals surface area contributed by atoms with Gasteiger partial charge in [0.15, 0.2) is 0 Å². The van der Waals surface area contributed by atoms with Crippen LogP contribution in [0.2, 0.25) is 0 Å². The first kappa shape index (κ1) is 22.6. The highest BCUT2D eigenvalue weighted by Crippen LogP contribution is 2.23. The van der Waals surface area contributed by atoms with Gasteiger partial charge in [-0.3, -0.25) is 4.79 Å². The van der Waals surface area contributed by atoms with Crippen molar-refractivity contribution in [3.8, 4) is 0 Å². The minimum absolute atomic E-state index is 0.0598. The molecule has 1 atom stereocenters. The molecule has 2 fully saturated rings. The van der Waals surface area contributed by atoms with Gasteiger partial charge in [-0.05, 0) is 75.4 Å². The van der Waals surface area contributed by atoms with Crippen LogP contribution < -0.4 is 21.3 Å². The van der Waals surface area contributed by atoms with Gasteiger partial charge in [0.05, 0.1) is 5.92 Å². The van der Waals surface area contributed by atoms with Gasteiger partial charge in [0.25, 0.3) is 0 Å². The maximum atomic E-state index is 12.7. The maximum Gasteiger partial charge on any atom is 0.323 e. The number of carbonyl (C=O) groups excluding carboxylic acids is 3. The van der Waals surface area contributed by atoms with Gasteiger partial charge >= 0.3 is 12.1 Å². The molecule has 174 valence electrons. The number of hydrogen-bond acceptors (Lipinski definition) is 3. The third kappa shape index (κ3) is 6.25. The predicted molar refractivity (Wildman–Crippen MR) is 129 cm³/mol. The summed E-state index contributed by atoms with van der Waals surface area (Å²) in [5, 5.41) is 11.6. The summed E-state index contributed by atoms with van der Waals surface area (Å²) in [4.78, 5) is 39.0. The van der Waals surface area contributed by atoms with Gasteiger partial charge in [0.2, 0.25) is 5.91 Å². The first-order valence-corrected chi connectivity index (χ1v) is 11.5. The van der Waals surface area contributed by atoms with Crippen molar-refractivity contribution in [3.05, 3.63) is 53.6 Å². The fourth-order valence-corrected chi connectivity index (χ4v) is 4.00. The Balaban J connectivity index is 1.27. The maximum absolute atomic E-state index is 12.7. The van der Waals surface area contributed by atoms with Gasteiger partial charge in [0.1, 0.15) is 0 Å². The first-order chi connectivity index (χ1) is 15.9. The molecular formula is C25H31N5O3. The normalized spacial score (nSPS) is 17.8. The Morgan fingerprint density at radius 3 is 2.24 bits per heavy atom. The quantitative estimate of drug-likeness (QED) is 0.542. The number of benzene rings is 2. The topological polar surface area (TPSA) is 103 Å². The lowest BCUT2D eigenvalue weighted by molar-refractivity contribution is -0.126. The van der Waals surface area contributed by atoms with E-state index < -0.39 is 0 Å². The highest BCUT2D eigenvalue weighted by molar-refractivity contribution is 6.00. The summed E-state index contributed by atoms with van der Waals surface area (Å²) >= 11 is 0. The zero-order valence-corrected chi connectivity index (χ0v) is 19.1. The van der Waals surface area contributed by atoms with Crippen molar-refractivity contribution in [2.75, 3.05) is 29.0 Å². The molecular weight excluding hydrogens is 418 g/mol. The number of nitrogens with zero attached hydrogens (tertiary/aromatic N) is 1. The number of rotatable bonds is 5. The van der Waals surface area contributed by atoms with Crippen molar-refractivity contribution in [2.24, 2.45) is 5.92 Å². The largest absolute Gasteiger partial charge is 0.353 e. The standard InChI is InChI=1S/C25H31N5O3/c1-16-5-12-22(17(2)14-16)29-24(32)27-20-8-10-21(11-9-20)28-25(33)30-13-3-4-18(15-30)23(31)26-19-6-7-19/h5,8-12,14,18-19H,3-4,6-7,13,15H2,1-2H3,(H,26,31)(H,28,33)(H2,27,29,32)/t18-/m0/s1. The Hall–Kier alpha value is -3.55. The molecule has 4 N–H and O–H groups in total. The van der Waals surface area contributed by atoms with Crippen LogP contribution in [0.4, 0.5) is 26.7 Å². The average Bonchev–Trinajstić information content (AvgIpc) is 3.61. The van der Waals surface area contributed by atoms with Crippen LogP contribution in [-0.4, -0.2) is 42.0 Å². The van der Waals surface area contributed by atoms with Crippen LogP contribution in [0.15, 0.2) is 42.5 Å². The van der Waals surface area contributed by atoms with Crippen LogP contribution in [0.1, 0.15) is 36.8 Å². The number of carbonyl (C=O) groups is 3. The molecule has 1 heterocycles. The fraction of sp³-hybridized carbons (Fsp3) is 0.400. The molecule has 1 aliphatic heterocycles. The highest BCUT2D eigenvalue weighted by atomic mass is 16.2. The minimum atomic E-state index is -0.331. The number of hydrogen-bond donors (Lipinski definition) is 4. The molecule has 0 bridgehead atoms. The van der Waals surface area contributed by atoms with E-state index in [1.165, 1.54) is 0 Å². The summed E-state index contributed by atoms with van der Waals surface area (Å²) in [6.07, 6.45) is 3.74. The molecule has 8 heteroatoms. The van der Waals surface area contributed by atoms with E-state index >= 15 is 0 Å². The number of piperidine rings is 1. The van der Waals surface area contributed by atoms with E-state index in [4.69, 9.17) is 0 Å². The second-order valence-corrected chi connectivity index (χ2v) is 8.97. The highest BCUT2D eigenvalue weighted by Gasteiger charge is 2.31. The van der Waals surface area contributed by atoms with Gasteiger partial charge in [0, 0.05) is 36.2 Å². The number of anilines is 3. The Labute approximate surface area is 194 Å². The number of amides is 5. The van der Waals surface area contributed by atoms with E-state index in [0.717, 1.165) is 42.5 Å². The number of urea groups is 2. The Kier molecular flexibility index (Phi) is 6.82. The Morgan fingerprint density at radius 2 is 1.58 bits per heavy atom. The van der Waals surface area contributed by atoms with Crippen molar-refractivity contribution in [1.29, 1.82) is 0 Å². The van der Waals surface area contributed by atoms with E-state index in [-0.39, 0.29) is 23.9 Å². The summed E-state index contributed by atoms with van der Waals surface area (Å²) < 4.78 is 0. The van der Waals surface area contributed by atoms with Crippen molar-refractivity contribution in [3.63, 3.8) is 0 Å². The average molecular weight is 450 g/mol. The lowest BCUT2D eigenvalue weighted by atomic mass is 9.97. The van der Waals surface area contributed by atoms with Crippen molar-refractivity contribution >= 4 is 35.0 Å².